The highest BCUT2D eigenvalue weighted by atomic mass is 14.2. The first-order valence-electron chi connectivity index (χ1n) is 9.94. The van der Waals surface area contributed by atoms with Crippen molar-refractivity contribution in [3.8, 4) is 0 Å². The Morgan fingerprint density at radius 2 is 1.70 bits per heavy atom. The SMILES string of the molecule is C=C/C=C(\C=C/C)C/C(CC)=C(/CCc1ccccc1)c1ccc(C)cc1. The third-order valence-corrected chi connectivity index (χ3v) is 4.89. The summed E-state index contributed by atoms with van der Waals surface area (Å²) in [5.74, 6) is 0. The van der Waals surface area contributed by atoms with Gasteiger partial charge in [0, 0.05) is 0 Å². The van der Waals surface area contributed by atoms with Crippen LogP contribution in [0.5, 0.6) is 0 Å². The molecule has 0 heterocycles. The molecule has 0 fully saturated rings. The molecule has 0 unspecified atom stereocenters. The Hall–Kier alpha value is -2.60. The van der Waals surface area contributed by atoms with Crippen LogP contribution in [0.1, 0.15) is 49.8 Å². The van der Waals surface area contributed by atoms with Crippen LogP contribution in [0.25, 0.3) is 5.57 Å². The molecule has 0 spiro atoms. The van der Waals surface area contributed by atoms with Crippen LogP contribution >= 0.6 is 0 Å². The van der Waals surface area contributed by atoms with E-state index in [-0.39, 0.29) is 0 Å². The van der Waals surface area contributed by atoms with Gasteiger partial charge in [0.1, 0.15) is 0 Å². The molecule has 2 aromatic carbocycles. The second kappa shape index (κ2) is 11.2. The third kappa shape index (κ3) is 6.57. The van der Waals surface area contributed by atoms with Gasteiger partial charge in [-0.05, 0) is 61.8 Å². The molecule has 0 aliphatic carbocycles. The van der Waals surface area contributed by atoms with Gasteiger partial charge in [0.2, 0.25) is 0 Å². The van der Waals surface area contributed by atoms with Crippen LogP contribution in [0, 0.1) is 6.92 Å². The first kappa shape index (κ1) is 20.7. The van der Waals surface area contributed by atoms with E-state index < -0.39 is 0 Å². The zero-order valence-electron chi connectivity index (χ0n) is 17.0. The lowest BCUT2D eigenvalue weighted by molar-refractivity contribution is 0.953. The molecule has 0 radical (unpaired) electrons. The van der Waals surface area contributed by atoms with Crippen LogP contribution in [0.15, 0.2) is 96.6 Å². The summed E-state index contributed by atoms with van der Waals surface area (Å²) >= 11 is 0. The standard InChI is InChI=1S/C27H32/c1-5-11-24(12-6-2)21-25(7-3)27(26-18-15-22(4)16-19-26)20-17-23-13-9-8-10-14-23/h5-6,8-16,18-19H,1,7,17,20-21H2,2-4H3/b12-6-,24-11+,27-25-. The van der Waals surface area contributed by atoms with Crippen molar-refractivity contribution < 1.29 is 0 Å². The third-order valence-electron chi connectivity index (χ3n) is 4.89. The first-order valence-corrected chi connectivity index (χ1v) is 9.94. The van der Waals surface area contributed by atoms with Crippen molar-refractivity contribution in [2.45, 2.75) is 46.5 Å². The van der Waals surface area contributed by atoms with Gasteiger partial charge in [0.25, 0.3) is 0 Å². The molecule has 0 N–H and O–H groups in total. The molecule has 0 heteroatoms. The molecule has 0 atom stereocenters. The van der Waals surface area contributed by atoms with Crippen molar-refractivity contribution in [2.75, 3.05) is 0 Å². The van der Waals surface area contributed by atoms with Gasteiger partial charge < -0.3 is 0 Å². The molecule has 0 amide bonds. The van der Waals surface area contributed by atoms with E-state index >= 15 is 0 Å². The molecule has 0 aromatic heterocycles. The highest BCUT2D eigenvalue weighted by Crippen LogP contribution is 2.30. The van der Waals surface area contributed by atoms with E-state index in [2.05, 4.69) is 100 Å². The van der Waals surface area contributed by atoms with Crippen LogP contribution < -0.4 is 0 Å². The van der Waals surface area contributed by atoms with E-state index in [1.165, 1.54) is 33.4 Å². The fourth-order valence-corrected chi connectivity index (χ4v) is 3.42. The summed E-state index contributed by atoms with van der Waals surface area (Å²) in [4.78, 5) is 0. The Morgan fingerprint density at radius 1 is 1.00 bits per heavy atom. The summed E-state index contributed by atoms with van der Waals surface area (Å²) in [5, 5.41) is 0. The van der Waals surface area contributed by atoms with Crippen LogP contribution in [-0.2, 0) is 6.42 Å². The summed E-state index contributed by atoms with van der Waals surface area (Å²) < 4.78 is 0. The first-order chi connectivity index (χ1) is 13.2. The minimum atomic E-state index is 0.977. The highest BCUT2D eigenvalue weighted by molar-refractivity contribution is 5.70. The number of rotatable bonds is 9. The van der Waals surface area contributed by atoms with Crippen LogP contribution in [0.3, 0.4) is 0 Å². The fraction of sp³-hybridized carbons (Fsp3) is 0.259. The molecule has 0 bridgehead atoms. The van der Waals surface area contributed by atoms with E-state index in [1.54, 1.807) is 0 Å². The van der Waals surface area contributed by atoms with E-state index in [0.29, 0.717) is 0 Å². The molecule has 27 heavy (non-hydrogen) atoms. The topological polar surface area (TPSA) is 0 Å². The molecule has 2 rings (SSSR count). The monoisotopic (exact) mass is 356 g/mol. The van der Waals surface area contributed by atoms with Gasteiger partial charge in [-0.25, -0.2) is 0 Å². The predicted octanol–water partition coefficient (Wildman–Crippen LogP) is 7.87. The van der Waals surface area contributed by atoms with Gasteiger partial charge >= 0.3 is 0 Å². The van der Waals surface area contributed by atoms with Crippen LogP contribution in [0.4, 0.5) is 0 Å². The van der Waals surface area contributed by atoms with E-state index in [1.807, 2.05) is 6.08 Å². The number of benzene rings is 2. The lowest BCUT2D eigenvalue weighted by Crippen LogP contribution is -1.97. The van der Waals surface area contributed by atoms with Crippen LogP contribution in [0.2, 0.25) is 0 Å². The fourth-order valence-electron chi connectivity index (χ4n) is 3.42. The van der Waals surface area contributed by atoms with E-state index in [9.17, 15) is 0 Å². The summed E-state index contributed by atoms with van der Waals surface area (Å²) in [7, 11) is 0. The second-order valence-electron chi connectivity index (χ2n) is 6.94. The lowest BCUT2D eigenvalue weighted by atomic mass is 9.89. The zero-order valence-corrected chi connectivity index (χ0v) is 17.0. The van der Waals surface area contributed by atoms with Crippen LogP contribution in [-0.4, -0.2) is 0 Å². The predicted molar refractivity (Wildman–Crippen MR) is 121 cm³/mol. The average Bonchev–Trinajstić information content (AvgIpc) is 2.69. The van der Waals surface area contributed by atoms with Crippen molar-refractivity contribution in [1.29, 1.82) is 0 Å². The zero-order chi connectivity index (χ0) is 19.5. The highest BCUT2D eigenvalue weighted by Gasteiger charge is 2.10. The Balaban J connectivity index is 2.40. The van der Waals surface area contributed by atoms with Gasteiger partial charge in [-0.2, -0.15) is 0 Å². The summed E-state index contributed by atoms with van der Waals surface area (Å²) in [6.07, 6.45) is 12.5. The maximum Gasteiger partial charge on any atom is -0.00613 e. The molecule has 2 aromatic rings. The number of hydrogen-bond acceptors (Lipinski definition) is 0. The van der Waals surface area contributed by atoms with Gasteiger partial charge in [-0.15, -0.1) is 0 Å². The van der Waals surface area contributed by atoms with Gasteiger partial charge in [-0.1, -0.05) is 104 Å². The molecule has 0 saturated carbocycles. The molecule has 0 aliphatic heterocycles. The Labute approximate surface area is 165 Å². The second-order valence-corrected chi connectivity index (χ2v) is 6.94. The quantitative estimate of drug-likeness (QED) is 0.401. The minimum absolute atomic E-state index is 0.977. The van der Waals surface area contributed by atoms with Crippen molar-refractivity contribution in [1.82, 2.24) is 0 Å². The molecule has 140 valence electrons. The number of allylic oxidation sites excluding steroid dienone is 7. The molecule has 0 saturated heterocycles. The van der Waals surface area contributed by atoms with Gasteiger partial charge in [-0.3, -0.25) is 0 Å². The Morgan fingerprint density at radius 3 is 2.30 bits per heavy atom. The summed E-state index contributed by atoms with van der Waals surface area (Å²) in [6.45, 7) is 10.4. The molecule has 0 nitrogen and oxygen atoms in total. The van der Waals surface area contributed by atoms with Gasteiger partial charge in [0.15, 0.2) is 0 Å². The molecular weight excluding hydrogens is 324 g/mol. The Kier molecular flexibility index (Phi) is 8.58. The smallest absolute Gasteiger partial charge is 0.00613 e. The summed E-state index contributed by atoms with van der Waals surface area (Å²) in [5.41, 5.74) is 8.37. The average molecular weight is 357 g/mol. The number of aryl methyl sites for hydroxylation is 2. The lowest BCUT2D eigenvalue weighted by Gasteiger charge is -2.16. The normalized spacial score (nSPS) is 12.9. The maximum absolute atomic E-state index is 3.88. The van der Waals surface area contributed by atoms with Crippen molar-refractivity contribution >= 4 is 5.57 Å². The van der Waals surface area contributed by atoms with E-state index in [0.717, 1.165) is 25.7 Å². The van der Waals surface area contributed by atoms with Gasteiger partial charge in [0.05, 0.1) is 0 Å². The largest absolute Gasteiger partial charge is 0.0991 e. The van der Waals surface area contributed by atoms with Crippen molar-refractivity contribution in [2.24, 2.45) is 0 Å². The molecular formula is C27H32. The number of hydrogen-bond donors (Lipinski definition) is 0. The maximum atomic E-state index is 3.88. The van der Waals surface area contributed by atoms with Crippen molar-refractivity contribution in [3.05, 3.63) is 113 Å². The minimum Gasteiger partial charge on any atom is -0.0991 e. The molecule has 0 aliphatic rings. The Bertz CT molecular complexity index is 799. The van der Waals surface area contributed by atoms with E-state index in [4.69, 9.17) is 0 Å². The van der Waals surface area contributed by atoms with Crippen molar-refractivity contribution in [3.63, 3.8) is 0 Å². The summed E-state index contributed by atoms with van der Waals surface area (Å²) in [6, 6.07) is 19.8.